The van der Waals surface area contributed by atoms with Gasteiger partial charge in [0.15, 0.2) is 0 Å². The van der Waals surface area contributed by atoms with Crippen LogP contribution < -0.4 is 0 Å². The smallest absolute Gasteiger partial charge is 0.385 e. The Morgan fingerprint density at radius 3 is 0.837 bits per heavy atom. The van der Waals surface area contributed by atoms with Crippen molar-refractivity contribution in [3.8, 4) is 0 Å². The molecule has 0 aliphatic heterocycles. The minimum Gasteiger partial charge on any atom is -0.461 e. The van der Waals surface area contributed by atoms with Crippen LogP contribution in [-0.2, 0) is 28.6 Å². The Bertz CT molecular complexity index is 1220. The molecule has 6 nitrogen and oxygen atoms in total. The second kappa shape index (κ2) is 13.9. The summed E-state index contributed by atoms with van der Waals surface area (Å²) in [7, 11) is 0. The molecular weight excluding hydrogens is 752 g/mol. The molecule has 0 unspecified atom stereocenters. The molecule has 0 aromatic heterocycles. The average molecular weight is 768 g/mol. The van der Waals surface area contributed by atoms with E-state index < -0.39 is 103 Å². The molecule has 0 spiro atoms. The maximum absolute atomic E-state index is 15.5. The molecular formula is C23H16F20O6. The molecule has 0 aliphatic rings. The van der Waals surface area contributed by atoms with Crippen LogP contribution in [0, 0.1) is 5.41 Å². The third kappa shape index (κ3) is 6.86. The number of hydrogen-bond acceptors (Lipinski definition) is 6. The highest BCUT2D eigenvalue weighted by Crippen LogP contribution is 2.66. The number of carbonyl (C=O) groups excluding carboxylic acids is 3. The van der Waals surface area contributed by atoms with E-state index in [0.29, 0.717) is 0 Å². The van der Waals surface area contributed by atoms with Crippen molar-refractivity contribution in [1.29, 1.82) is 0 Å². The van der Waals surface area contributed by atoms with Gasteiger partial charge in [0.05, 0.1) is 0 Å². The van der Waals surface area contributed by atoms with Crippen molar-refractivity contribution in [2.75, 3.05) is 19.8 Å². The summed E-state index contributed by atoms with van der Waals surface area (Å²) in [6, 6.07) is 0. The molecule has 0 aliphatic carbocycles. The van der Waals surface area contributed by atoms with Crippen LogP contribution in [0.5, 0.6) is 0 Å². The standard InChI is InChI=1S/C23H16F20O6/c1-4-10(44)47-7-14(8-48-11(45)5-2,9-49-12(46)6-3)16(28,29)18(32,33)20(36,37)22(40,41)23(42,43)21(38,39)19(34,35)17(30,31)15(26,27)13(24)25/h4-6,13H,1-3,7-9H2. The lowest BCUT2D eigenvalue weighted by molar-refractivity contribution is -0.470. The van der Waals surface area contributed by atoms with Gasteiger partial charge in [-0.3, -0.25) is 0 Å². The van der Waals surface area contributed by atoms with E-state index in [2.05, 4.69) is 33.9 Å². The highest BCUT2D eigenvalue weighted by molar-refractivity contribution is 5.82. The largest absolute Gasteiger partial charge is 0.461 e. The van der Waals surface area contributed by atoms with Crippen molar-refractivity contribution in [2.24, 2.45) is 5.41 Å². The highest BCUT2D eigenvalue weighted by atomic mass is 19.4. The highest BCUT2D eigenvalue weighted by Gasteiger charge is 2.97. The second-order valence-corrected chi connectivity index (χ2v) is 9.23. The fourth-order valence-corrected chi connectivity index (χ4v) is 3.06. The van der Waals surface area contributed by atoms with Gasteiger partial charge in [0.2, 0.25) is 0 Å². The van der Waals surface area contributed by atoms with Crippen molar-refractivity contribution in [2.45, 2.75) is 59.7 Å². The Hall–Kier alpha value is -3.77. The van der Waals surface area contributed by atoms with Gasteiger partial charge < -0.3 is 14.2 Å². The van der Waals surface area contributed by atoms with E-state index in [0.717, 1.165) is 0 Å². The van der Waals surface area contributed by atoms with Gasteiger partial charge in [-0.2, -0.15) is 79.0 Å². The van der Waals surface area contributed by atoms with Crippen molar-refractivity contribution in [3.63, 3.8) is 0 Å². The number of esters is 3. The SMILES string of the molecule is C=CC(=O)OCC(COC(=O)C=C)(COC(=O)C=C)C(F)(F)C(F)(F)C(F)(F)C(F)(F)C(F)(F)C(F)(F)C(F)(F)C(F)(F)C(F)(F)C(F)F. The first-order valence-electron chi connectivity index (χ1n) is 11.6. The van der Waals surface area contributed by atoms with E-state index in [9.17, 15) is 93.4 Å². The first kappa shape index (κ1) is 45.2. The van der Waals surface area contributed by atoms with Gasteiger partial charge in [0, 0.05) is 18.2 Å². The number of ether oxygens (including phenoxy) is 3. The molecule has 0 aromatic rings. The zero-order valence-electron chi connectivity index (χ0n) is 23.1. The van der Waals surface area contributed by atoms with Crippen molar-refractivity contribution in [3.05, 3.63) is 38.0 Å². The molecule has 0 atom stereocenters. The summed E-state index contributed by atoms with van der Waals surface area (Å²) >= 11 is 0. The molecule has 0 aromatic carbocycles. The summed E-state index contributed by atoms with van der Waals surface area (Å²) in [4.78, 5) is 34.2. The first-order chi connectivity index (χ1) is 21.6. The minimum atomic E-state index is -9.29. The fraction of sp³-hybridized carbons (Fsp3) is 0.609. The Labute approximate surface area is 258 Å². The summed E-state index contributed by atoms with van der Waals surface area (Å²) in [5.74, 6) is -84.3. The van der Waals surface area contributed by atoms with Crippen LogP contribution in [0.4, 0.5) is 87.8 Å². The summed E-state index contributed by atoms with van der Waals surface area (Å²) in [6.07, 6.45) is -6.28. The van der Waals surface area contributed by atoms with Crippen molar-refractivity contribution >= 4 is 17.9 Å². The topological polar surface area (TPSA) is 78.9 Å². The van der Waals surface area contributed by atoms with E-state index in [-0.39, 0.29) is 18.2 Å². The minimum absolute atomic E-state index is 0.0224. The second-order valence-electron chi connectivity index (χ2n) is 9.23. The zero-order valence-corrected chi connectivity index (χ0v) is 23.1. The quantitative estimate of drug-likeness (QED) is 0.0602. The number of rotatable bonds is 19. The lowest BCUT2D eigenvalue weighted by Crippen LogP contribution is -2.77. The molecule has 0 N–H and O–H groups in total. The van der Waals surface area contributed by atoms with Crippen molar-refractivity contribution < 1.29 is 116 Å². The number of carbonyl (C=O) groups is 3. The van der Waals surface area contributed by atoms with E-state index in [1.807, 2.05) is 0 Å². The molecule has 0 fully saturated rings. The van der Waals surface area contributed by atoms with Gasteiger partial charge in [-0.05, 0) is 0 Å². The molecule has 26 heteroatoms. The van der Waals surface area contributed by atoms with Gasteiger partial charge in [0.25, 0.3) is 0 Å². The van der Waals surface area contributed by atoms with Crippen LogP contribution in [0.25, 0.3) is 0 Å². The number of halogens is 20. The Balaban J connectivity index is 7.75. The number of alkyl halides is 20. The Morgan fingerprint density at radius 2 is 0.633 bits per heavy atom. The van der Waals surface area contributed by atoms with Gasteiger partial charge in [-0.25, -0.2) is 23.2 Å². The third-order valence-corrected chi connectivity index (χ3v) is 6.09. The molecule has 0 radical (unpaired) electrons. The van der Waals surface area contributed by atoms with Gasteiger partial charge in [-0.15, -0.1) is 0 Å². The lowest BCUT2D eigenvalue weighted by atomic mass is 9.76. The summed E-state index contributed by atoms with van der Waals surface area (Å²) in [6.45, 7) is -0.155. The monoisotopic (exact) mass is 768 g/mol. The van der Waals surface area contributed by atoms with E-state index in [1.54, 1.807) is 0 Å². The van der Waals surface area contributed by atoms with Crippen LogP contribution in [0.15, 0.2) is 38.0 Å². The molecule has 0 heterocycles. The Kier molecular flexibility index (Phi) is 12.8. The molecule has 0 bridgehead atoms. The lowest BCUT2D eigenvalue weighted by Gasteiger charge is -2.47. The van der Waals surface area contributed by atoms with E-state index in [1.165, 1.54) is 0 Å². The molecule has 0 saturated carbocycles. The fourth-order valence-electron chi connectivity index (χ4n) is 3.06. The van der Waals surface area contributed by atoms with Gasteiger partial charge >= 0.3 is 77.6 Å². The summed E-state index contributed by atoms with van der Waals surface area (Å²) in [5.41, 5.74) is -4.94. The van der Waals surface area contributed by atoms with Gasteiger partial charge in [-0.1, -0.05) is 19.7 Å². The molecule has 0 amide bonds. The van der Waals surface area contributed by atoms with Crippen LogP contribution in [0.3, 0.4) is 0 Å². The average Bonchev–Trinajstić information content (AvgIpc) is 2.98. The van der Waals surface area contributed by atoms with E-state index in [4.69, 9.17) is 0 Å². The summed E-state index contributed by atoms with van der Waals surface area (Å²) < 4.78 is 291. The first-order valence-corrected chi connectivity index (χ1v) is 11.6. The molecule has 0 rings (SSSR count). The van der Waals surface area contributed by atoms with Crippen molar-refractivity contribution in [1.82, 2.24) is 0 Å². The molecule has 284 valence electrons. The maximum atomic E-state index is 15.5. The number of hydrogen-bond donors (Lipinski definition) is 0. The predicted octanol–water partition coefficient (Wildman–Crippen LogP) is 7.14. The Morgan fingerprint density at radius 1 is 0.429 bits per heavy atom. The zero-order chi connectivity index (χ0) is 39.7. The predicted molar refractivity (Wildman–Crippen MR) is 116 cm³/mol. The van der Waals surface area contributed by atoms with Crippen LogP contribution in [0.1, 0.15) is 0 Å². The molecule has 49 heavy (non-hydrogen) atoms. The van der Waals surface area contributed by atoms with Crippen LogP contribution >= 0.6 is 0 Å². The molecule has 0 saturated heterocycles. The summed E-state index contributed by atoms with van der Waals surface area (Å²) in [5, 5.41) is 0. The van der Waals surface area contributed by atoms with Crippen LogP contribution in [-0.4, -0.2) is 97.5 Å². The van der Waals surface area contributed by atoms with Crippen LogP contribution in [0.2, 0.25) is 0 Å². The third-order valence-electron chi connectivity index (χ3n) is 6.09. The van der Waals surface area contributed by atoms with Gasteiger partial charge in [0.1, 0.15) is 25.2 Å². The normalized spacial score (nSPS) is 14.6. The van der Waals surface area contributed by atoms with E-state index >= 15 is 8.78 Å². The maximum Gasteiger partial charge on any atom is 0.385 e.